The highest BCUT2D eigenvalue weighted by Crippen LogP contribution is 2.30. The molecule has 1 amide bonds. The fourth-order valence-electron chi connectivity index (χ4n) is 3.80. The monoisotopic (exact) mass is 476 g/mol. The molecule has 0 bridgehead atoms. The van der Waals surface area contributed by atoms with Crippen LogP contribution < -0.4 is 15.5 Å². The van der Waals surface area contributed by atoms with Gasteiger partial charge in [-0.3, -0.25) is 9.78 Å². The van der Waals surface area contributed by atoms with Crippen LogP contribution in [0.4, 0.5) is 23.0 Å². The summed E-state index contributed by atoms with van der Waals surface area (Å²) in [7, 11) is 0. The maximum atomic E-state index is 12.5. The van der Waals surface area contributed by atoms with Gasteiger partial charge in [0.05, 0.1) is 14.9 Å². The Morgan fingerprint density at radius 2 is 1.97 bits per heavy atom. The zero-order valence-electron chi connectivity index (χ0n) is 17.9. The molecule has 1 aromatic carbocycles. The summed E-state index contributed by atoms with van der Waals surface area (Å²) in [6, 6.07) is 13.2. The average molecular weight is 477 g/mol. The quantitative estimate of drug-likeness (QED) is 0.398. The van der Waals surface area contributed by atoms with Gasteiger partial charge < -0.3 is 15.5 Å². The van der Waals surface area contributed by atoms with Crippen LogP contribution in [0.1, 0.15) is 26.5 Å². The zero-order valence-corrected chi connectivity index (χ0v) is 19.5. The molecular formula is C24H21ClN6OS. The third kappa shape index (κ3) is 4.81. The highest BCUT2D eigenvalue weighted by atomic mass is 35.5. The standard InChI is InChI=1S/C24H21ClN6OS/c1-15-2-3-18(28-23(32)21-4-5-22(25)33-21)12-20(15)31-11-8-19-16(14-31)13-27-24(30-19)29-17-6-9-26-10-7-17/h2-7,9-10,12-13H,8,11,14H2,1H3,(H,28,32)(H,26,27,29,30). The van der Waals surface area contributed by atoms with Gasteiger partial charge in [0.25, 0.3) is 5.91 Å². The van der Waals surface area contributed by atoms with E-state index < -0.39 is 0 Å². The van der Waals surface area contributed by atoms with Gasteiger partial charge in [-0.1, -0.05) is 17.7 Å². The lowest BCUT2D eigenvalue weighted by Crippen LogP contribution is -2.32. The summed E-state index contributed by atoms with van der Waals surface area (Å²) >= 11 is 7.23. The highest BCUT2D eigenvalue weighted by molar-refractivity contribution is 7.18. The summed E-state index contributed by atoms with van der Waals surface area (Å²) < 4.78 is 0.595. The summed E-state index contributed by atoms with van der Waals surface area (Å²) in [5.74, 6) is 0.427. The lowest BCUT2D eigenvalue weighted by Gasteiger charge is -2.31. The Labute approximate surface area is 200 Å². The number of hydrogen-bond acceptors (Lipinski definition) is 7. The maximum absolute atomic E-state index is 12.5. The molecule has 0 saturated carbocycles. The largest absolute Gasteiger partial charge is 0.366 e. The molecule has 4 aromatic rings. The number of hydrogen-bond donors (Lipinski definition) is 2. The van der Waals surface area contributed by atoms with Gasteiger partial charge in [-0.15, -0.1) is 11.3 Å². The third-order valence-corrected chi connectivity index (χ3v) is 6.70. The fraction of sp³-hybridized carbons (Fsp3) is 0.167. The van der Waals surface area contributed by atoms with Crippen LogP contribution in [0.25, 0.3) is 0 Å². The Bertz CT molecular complexity index is 1310. The van der Waals surface area contributed by atoms with Crippen molar-refractivity contribution >= 4 is 51.9 Å². The van der Waals surface area contributed by atoms with E-state index in [1.165, 1.54) is 11.3 Å². The molecule has 0 aliphatic carbocycles. The second-order valence-corrected chi connectivity index (χ2v) is 9.47. The molecule has 9 heteroatoms. The summed E-state index contributed by atoms with van der Waals surface area (Å²) in [6.07, 6.45) is 6.16. The number of aryl methyl sites for hydroxylation is 1. The van der Waals surface area contributed by atoms with Gasteiger partial charge >= 0.3 is 0 Å². The number of amides is 1. The van der Waals surface area contributed by atoms with Crippen LogP contribution in [-0.4, -0.2) is 27.4 Å². The van der Waals surface area contributed by atoms with E-state index >= 15 is 0 Å². The van der Waals surface area contributed by atoms with Crippen molar-refractivity contribution in [3.63, 3.8) is 0 Å². The molecule has 4 heterocycles. The lowest BCUT2D eigenvalue weighted by atomic mass is 10.0. The summed E-state index contributed by atoms with van der Waals surface area (Å²) in [6.45, 7) is 3.62. The summed E-state index contributed by atoms with van der Waals surface area (Å²) in [5, 5.41) is 6.20. The van der Waals surface area contributed by atoms with E-state index in [1.807, 2.05) is 36.5 Å². The first-order chi connectivity index (χ1) is 16.0. The second kappa shape index (κ2) is 9.17. The zero-order chi connectivity index (χ0) is 22.8. The van der Waals surface area contributed by atoms with Crippen molar-refractivity contribution in [2.45, 2.75) is 19.9 Å². The van der Waals surface area contributed by atoms with Gasteiger partial charge in [-0.05, 0) is 48.9 Å². The van der Waals surface area contributed by atoms with Gasteiger partial charge in [-0.25, -0.2) is 9.97 Å². The van der Waals surface area contributed by atoms with Crippen LogP contribution in [0.15, 0.2) is 61.1 Å². The van der Waals surface area contributed by atoms with E-state index in [9.17, 15) is 4.79 Å². The van der Waals surface area contributed by atoms with Crippen molar-refractivity contribution in [2.75, 3.05) is 22.1 Å². The molecule has 0 atom stereocenters. The minimum atomic E-state index is -0.159. The number of benzene rings is 1. The minimum Gasteiger partial charge on any atom is -0.366 e. The minimum absolute atomic E-state index is 0.159. The molecule has 0 unspecified atom stereocenters. The van der Waals surface area contributed by atoms with Crippen LogP contribution >= 0.6 is 22.9 Å². The number of aromatic nitrogens is 3. The molecule has 1 aliphatic rings. The number of nitrogens with zero attached hydrogens (tertiary/aromatic N) is 4. The Morgan fingerprint density at radius 3 is 2.76 bits per heavy atom. The number of nitrogens with one attached hydrogen (secondary N) is 2. The molecular weight excluding hydrogens is 456 g/mol. The van der Waals surface area contributed by atoms with E-state index in [-0.39, 0.29) is 5.91 Å². The molecule has 5 rings (SSSR count). The second-order valence-electron chi connectivity index (χ2n) is 7.76. The summed E-state index contributed by atoms with van der Waals surface area (Å²) in [4.78, 5) is 28.6. The molecule has 0 saturated heterocycles. The topological polar surface area (TPSA) is 83.0 Å². The molecule has 0 radical (unpaired) electrons. The smallest absolute Gasteiger partial charge is 0.265 e. The first kappa shape index (κ1) is 21.4. The number of rotatable bonds is 5. The van der Waals surface area contributed by atoms with Gasteiger partial charge in [0, 0.05) is 60.7 Å². The molecule has 0 fully saturated rings. The van der Waals surface area contributed by atoms with Crippen molar-refractivity contribution in [3.05, 3.63) is 87.1 Å². The Kier molecular flexibility index (Phi) is 5.93. The maximum Gasteiger partial charge on any atom is 0.265 e. The Hall–Kier alpha value is -3.49. The predicted octanol–water partition coefficient (Wildman–Crippen LogP) is 5.45. The first-order valence-corrected chi connectivity index (χ1v) is 11.7. The molecule has 0 spiro atoms. The number of carbonyl (C=O) groups is 1. The number of pyridine rings is 1. The van der Waals surface area contributed by atoms with Crippen LogP contribution in [0, 0.1) is 6.92 Å². The lowest BCUT2D eigenvalue weighted by molar-refractivity contribution is 0.103. The number of halogens is 1. The SMILES string of the molecule is Cc1ccc(NC(=O)c2ccc(Cl)s2)cc1N1CCc2nc(Nc3ccncc3)ncc2C1. The normalized spacial score (nSPS) is 12.8. The van der Waals surface area contributed by atoms with Crippen LogP contribution in [-0.2, 0) is 13.0 Å². The van der Waals surface area contributed by atoms with Crippen LogP contribution in [0.2, 0.25) is 4.34 Å². The molecule has 166 valence electrons. The van der Waals surface area contributed by atoms with Crippen molar-refractivity contribution < 1.29 is 4.79 Å². The van der Waals surface area contributed by atoms with E-state index in [1.54, 1.807) is 24.5 Å². The van der Waals surface area contributed by atoms with Crippen molar-refractivity contribution in [1.82, 2.24) is 15.0 Å². The highest BCUT2D eigenvalue weighted by Gasteiger charge is 2.21. The Balaban J connectivity index is 1.31. The third-order valence-electron chi connectivity index (χ3n) is 5.48. The van der Waals surface area contributed by atoms with Gasteiger partial charge in [0.15, 0.2) is 0 Å². The van der Waals surface area contributed by atoms with Crippen molar-refractivity contribution in [2.24, 2.45) is 0 Å². The van der Waals surface area contributed by atoms with Gasteiger partial charge in [0.1, 0.15) is 0 Å². The van der Waals surface area contributed by atoms with E-state index in [0.29, 0.717) is 21.7 Å². The van der Waals surface area contributed by atoms with Gasteiger partial charge in [-0.2, -0.15) is 0 Å². The molecule has 7 nitrogen and oxygen atoms in total. The average Bonchev–Trinajstić information content (AvgIpc) is 3.27. The number of fused-ring (bicyclic) bond motifs is 1. The van der Waals surface area contributed by atoms with Crippen molar-refractivity contribution in [1.29, 1.82) is 0 Å². The van der Waals surface area contributed by atoms with E-state index in [2.05, 4.69) is 32.4 Å². The number of anilines is 4. The van der Waals surface area contributed by atoms with E-state index in [4.69, 9.17) is 16.6 Å². The molecule has 33 heavy (non-hydrogen) atoms. The predicted molar refractivity (Wildman–Crippen MR) is 133 cm³/mol. The first-order valence-electron chi connectivity index (χ1n) is 10.5. The van der Waals surface area contributed by atoms with Gasteiger partial charge in [0.2, 0.25) is 5.95 Å². The van der Waals surface area contributed by atoms with Crippen molar-refractivity contribution in [3.8, 4) is 0 Å². The molecule has 2 N–H and O–H groups in total. The number of thiophene rings is 1. The summed E-state index contributed by atoms with van der Waals surface area (Å²) in [5.41, 5.74) is 6.04. The Morgan fingerprint density at radius 1 is 1.12 bits per heavy atom. The molecule has 3 aromatic heterocycles. The van der Waals surface area contributed by atoms with Crippen LogP contribution in [0.5, 0.6) is 0 Å². The fourth-order valence-corrected chi connectivity index (χ4v) is 4.74. The number of carbonyl (C=O) groups excluding carboxylic acids is 1. The van der Waals surface area contributed by atoms with Crippen LogP contribution in [0.3, 0.4) is 0 Å². The van der Waals surface area contributed by atoms with E-state index in [0.717, 1.165) is 46.8 Å². The molecule has 1 aliphatic heterocycles.